The molecule has 0 aliphatic rings. The average Bonchev–Trinajstić information content (AvgIpc) is 3.88. The predicted molar refractivity (Wildman–Crippen MR) is 213 cm³/mol. The maximum atomic E-state index is 6.63. The van der Waals surface area contributed by atoms with Crippen LogP contribution in [0.2, 0.25) is 0 Å². The van der Waals surface area contributed by atoms with Crippen molar-refractivity contribution in [1.82, 2.24) is 14.5 Å². The summed E-state index contributed by atoms with van der Waals surface area (Å²) in [6.07, 6.45) is 1.66. The van der Waals surface area contributed by atoms with Crippen molar-refractivity contribution >= 4 is 75.4 Å². The lowest BCUT2D eigenvalue weighted by molar-refractivity contribution is 0.662. The maximum Gasteiger partial charge on any atom is 0.197 e. The predicted octanol–water partition coefficient (Wildman–Crippen LogP) is 12.8. The first-order valence-electron chi connectivity index (χ1n) is 17.1. The van der Waals surface area contributed by atoms with E-state index in [1.807, 2.05) is 17.4 Å². The van der Waals surface area contributed by atoms with Gasteiger partial charge >= 0.3 is 0 Å². The highest BCUT2D eigenvalue weighted by Crippen LogP contribution is 2.44. The fourth-order valence-electron chi connectivity index (χ4n) is 7.73. The summed E-state index contributed by atoms with van der Waals surface area (Å²) >= 11 is 1.85. The third-order valence-corrected chi connectivity index (χ3v) is 11.3. The summed E-state index contributed by atoms with van der Waals surface area (Å²) in [6.45, 7) is 0. The smallest absolute Gasteiger partial charge is 0.197 e. The Kier molecular flexibility index (Phi) is 6.09. The Labute approximate surface area is 296 Å². The second kappa shape index (κ2) is 11.0. The van der Waals surface area contributed by atoms with Gasteiger partial charge in [-0.2, -0.15) is 0 Å². The fraction of sp³-hybridized carbons (Fsp3) is 0. The van der Waals surface area contributed by atoms with Crippen LogP contribution >= 0.6 is 11.3 Å². The summed E-state index contributed by atoms with van der Waals surface area (Å²) in [7, 11) is 0. The number of para-hydroxylation sites is 1. The number of nitrogens with zero attached hydrogens (tertiary/aromatic N) is 3. The molecule has 4 nitrogen and oxygen atoms in total. The van der Waals surface area contributed by atoms with Crippen LogP contribution < -0.4 is 0 Å². The molecule has 11 rings (SSSR count). The van der Waals surface area contributed by atoms with E-state index >= 15 is 0 Å². The van der Waals surface area contributed by atoms with Gasteiger partial charge in [0, 0.05) is 36.3 Å². The number of hydrogen-bond donors (Lipinski definition) is 0. The van der Waals surface area contributed by atoms with Crippen LogP contribution in [0.4, 0.5) is 0 Å². The van der Waals surface area contributed by atoms with Crippen molar-refractivity contribution in [3.63, 3.8) is 0 Å². The van der Waals surface area contributed by atoms with Crippen LogP contribution in [-0.4, -0.2) is 14.5 Å². The number of rotatable bonds is 4. The summed E-state index contributed by atoms with van der Waals surface area (Å²) in [5, 5.41) is 5.98. The Bertz CT molecular complexity index is 3130. The van der Waals surface area contributed by atoms with Gasteiger partial charge < -0.3 is 4.42 Å². The molecule has 0 radical (unpaired) electrons. The molecule has 5 heteroatoms. The molecule has 0 spiro atoms. The number of aromatic nitrogens is 3. The van der Waals surface area contributed by atoms with Gasteiger partial charge in [-0.1, -0.05) is 121 Å². The molecular formula is C46H27N3OS. The number of benzene rings is 7. The molecule has 0 aliphatic heterocycles. The Morgan fingerprint density at radius 1 is 0.471 bits per heavy atom. The van der Waals surface area contributed by atoms with Crippen LogP contribution in [0.1, 0.15) is 0 Å². The van der Waals surface area contributed by atoms with Crippen molar-refractivity contribution in [1.29, 1.82) is 0 Å². The van der Waals surface area contributed by atoms with E-state index in [2.05, 4.69) is 156 Å². The second-order valence-electron chi connectivity index (χ2n) is 13.0. The first kappa shape index (κ1) is 28.3. The van der Waals surface area contributed by atoms with Gasteiger partial charge in [0.05, 0.1) is 11.0 Å². The van der Waals surface area contributed by atoms with Crippen molar-refractivity contribution in [2.75, 3.05) is 0 Å². The zero-order valence-electron chi connectivity index (χ0n) is 27.2. The van der Waals surface area contributed by atoms with Gasteiger partial charge in [-0.3, -0.25) is 4.57 Å². The molecule has 7 aromatic carbocycles. The Morgan fingerprint density at radius 3 is 2.00 bits per heavy atom. The minimum atomic E-state index is 0.677. The summed E-state index contributed by atoms with van der Waals surface area (Å²) in [6, 6.07) is 56.1. The summed E-state index contributed by atoms with van der Waals surface area (Å²) in [5.41, 5.74) is 11.5. The molecule has 0 aliphatic carbocycles. The van der Waals surface area contributed by atoms with Crippen molar-refractivity contribution in [3.8, 4) is 39.2 Å². The van der Waals surface area contributed by atoms with E-state index < -0.39 is 0 Å². The second-order valence-corrected chi connectivity index (χ2v) is 14.1. The summed E-state index contributed by atoms with van der Waals surface area (Å²) in [4.78, 5) is 9.68. The van der Waals surface area contributed by atoms with E-state index in [4.69, 9.17) is 14.4 Å². The molecule has 4 aromatic heterocycles. The van der Waals surface area contributed by atoms with Crippen LogP contribution in [-0.2, 0) is 0 Å². The van der Waals surface area contributed by atoms with Crippen molar-refractivity contribution in [2.45, 2.75) is 0 Å². The Hall–Kier alpha value is -6.56. The topological polar surface area (TPSA) is 43.9 Å². The molecule has 0 fully saturated rings. The zero-order valence-corrected chi connectivity index (χ0v) is 28.1. The van der Waals surface area contributed by atoms with Crippen molar-refractivity contribution < 1.29 is 4.42 Å². The minimum Gasteiger partial charge on any atom is -0.450 e. The standard InChI is InChI=1S/C46H27N3OS/c1-2-9-28(10-3-1)29-17-19-30(20-18-29)31-11-8-12-32(25-31)33-21-24-40-37(26-33)43-44(50-40)46(48-27-47-43)49-38-15-6-4-14-36(38)42-39(49)23-22-35-34-13-5-7-16-41(34)51-45(35)42/h1-27H. The zero-order chi connectivity index (χ0) is 33.5. The average molecular weight is 670 g/mol. The largest absolute Gasteiger partial charge is 0.450 e. The van der Waals surface area contributed by atoms with Crippen LogP contribution in [0.5, 0.6) is 0 Å². The first-order valence-corrected chi connectivity index (χ1v) is 17.9. The third-order valence-electron chi connectivity index (χ3n) is 10.1. The quantitative estimate of drug-likeness (QED) is 0.187. The van der Waals surface area contributed by atoms with Gasteiger partial charge in [0.15, 0.2) is 11.4 Å². The normalized spacial score (nSPS) is 11.9. The Balaban J connectivity index is 1.05. The van der Waals surface area contributed by atoms with Crippen molar-refractivity contribution in [2.24, 2.45) is 0 Å². The minimum absolute atomic E-state index is 0.677. The van der Waals surface area contributed by atoms with E-state index in [0.717, 1.165) is 44.5 Å². The van der Waals surface area contributed by atoms with Crippen LogP contribution in [0, 0.1) is 0 Å². The fourth-order valence-corrected chi connectivity index (χ4v) is 8.99. The van der Waals surface area contributed by atoms with Crippen LogP contribution in [0.25, 0.3) is 103 Å². The lowest BCUT2D eigenvalue weighted by Gasteiger charge is -2.08. The molecule has 0 saturated heterocycles. The summed E-state index contributed by atoms with van der Waals surface area (Å²) in [5.74, 6) is 0.741. The highest BCUT2D eigenvalue weighted by Gasteiger charge is 2.22. The molecule has 0 N–H and O–H groups in total. The van der Waals surface area contributed by atoms with E-state index in [1.54, 1.807) is 6.33 Å². The lowest BCUT2D eigenvalue weighted by atomic mass is 9.97. The first-order chi connectivity index (χ1) is 25.3. The van der Waals surface area contributed by atoms with Crippen LogP contribution in [0.3, 0.4) is 0 Å². The number of furan rings is 1. The molecule has 238 valence electrons. The maximum absolute atomic E-state index is 6.63. The number of thiophene rings is 1. The third kappa shape index (κ3) is 4.32. The van der Waals surface area contributed by atoms with Gasteiger partial charge in [0.2, 0.25) is 0 Å². The SMILES string of the molecule is c1ccc(-c2ccc(-c3cccc(-c4ccc5oc6c(-n7c8ccccc8c8c9sc%10ccccc%10c9ccc87)ncnc6c5c4)c3)cc2)cc1. The van der Waals surface area contributed by atoms with E-state index in [1.165, 1.54) is 53.2 Å². The highest BCUT2D eigenvalue weighted by atomic mass is 32.1. The molecule has 0 bridgehead atoms. The molecule has 0 amide bonds. The monoisotopic (exact) mass is 669 g/mol. The molecule has 0 unspecified atom stereocenters. The van der Waals surface area contributed by atoms with E-state index in [0.29, 0.717) is 5.58 Å². The van der Waals surface area contributed by atoms with Crippen LogP contribution in [0.15, 0.2) is 168 Å². The van der Waals surface area contributed by atoms with Gasteiger partial charge in [-0.15, -0.1) is 11.3 Å². The molecule has 11 aromatic rings. The van der Waals surface area contributed by atoms with E-state index in [9.17, 15) is 0 Å². The summed E-state index contributed by atoms with van der Waals surface area (Å²) < 4.78 is 11.5. The highest BCUT2D eigenvalue weighted by molar-refractivity contribution is 7.26. The molecule has 4 heterocycles. The lowest BCUT2D eigenvalue weighted by Crippen LogP contribution is -1.98. The molecule has 51 heavy (non-hydrogen) atoms. The van der Waals surface area contributed by atoms with Crippen molar-refractivity contribution in [3.05, 3.63) is 164 Å². The van der Waals surface area contributed by atoms with E-state index in [-0.39, 0.29) is 0 Å². The molecule has 0 atom stereocenters. The Morgan fingerprint density at radius 2 is 1.14 bits per heavy atom. The van der Waals surface area contributed by atoms with Gasteiger partial charge in [0.1, 0.15) is 17.4 Å². The molecular weight excluding hydrogens is 643 g/mol. The van der Waals surface area contributed by atoms with Gasteiger partial charge in [-0.25, -0.2) is 9.97 Å². The number of hydrogen-bond acceptors (Lipinski definition) is 4. The number of fused-ring (bicyclic) bond motifs is 10. The molecule has 0 saturated carbocycles. The van der Waals surface area contributed by atoms with Gasteiger partial charge in [-0.05, 0) is 69.8 Å². The van der Waals surface area contributed by atoms with Gasteiger partial charge in [0.25, 0.3) is 0 Å².